The van der Waals surface area contributed by atoms with Crippen LogP contribution in [0.15, 0.2) is 36.5 Å². The van der Waals surface area contributed by atoms with Gasteiger partial charge < -0.3 is 14.8 Å². The average Bonchev–Trinajstić information content (AvgIpc) is 2.86. The fourth-order valence-corrected chi connectivity index (χ4v) is 2.41. The Morgan fingerprint density at radius 2 is 2.11 bits per heavy atom. The minimum Gasteiger partial charge on any atom is -0.486 e. The molecule has 0 radical (unpaired) electrons. The summed E-state index contributed by atoms with van der Waals surface area (Å²) in [7, 11) is 3.85. The molecule has 0 saturated carbocycles. The maximum Gasteiger partial charge on any atom is 0.161 e. The van der Waals surface area contributed by atoms with Gasteiger partial charge in [0.25, 0.3) is 0 Å². The Balaban J connectivity index is 1.85. The van der Waals surface area contributed by atoms with Crippen LogP contribution in [0.2, 0.25) is 0 Å². The van der Waals surface area contributed by atoms with Gasteiger partial charge in [0.05, 0.1) is 11.7 Å². The molecule has 2 aromatic rings. The van der Waals surface area contributed by atoms with E-state index in [1.807, 2.05) is 49.1 Å². The van der Waals surface area contributed by atoms with E-state index in [4.69, 9.17) is 9.47 Å². The lowest BCUT2D eigenvalue weighted by Gasteiger charge is -2.32. The number of fused-ring (bicyclic) bond motifs is 1. The predicted octanol–water partition coefficient (Wildman–Crippen LogP) is 1.52. The van der Waals surface area contributed by atoms with E-state index in [-0.39, 0.29) is 12.1 Å². The number of para-hydroxylation sites is 2. The first-order chi connectivity index (χ1) is 9.29. The maximum atomic E-state index is 6.04. The van der Waals surface area contributed by atoms with Crippen molar-refractivity contribution >= 4 is 0 Å². The van der Waals surface area contributed by atoms with Gasteiger partial charge in [-0.15, -0.1) is 0 Å². The van der Waals surface area contributed by atoms with Gasteiger partial charge in [0.2, 0.25) is 0 Å². The number of ether oxygens (including phenoxy) is 2. The summed E-state index contributed by atoms with van der Waals surface area (Å²) in [4.78, 5) is 0. The molecule has 0 spiro atoms. The summed E-state index contributed by atoms with van der Waals surface area (Å²) in [6.45, 7) is 0.522. The van der Waals surface area contributed by atoms with Crippen LogP contribution in [0.5, 0.6) is 11.5 Å². The molecule has 0 bridgehead atoms. The van der Waals surface area contributed by atoms with Gasteiger partial charge in [0.15, 0.2) is 17.6 Å². The van der Waals surface area contributed by atoms with Gasteiger partial charge in [-0.05, 0) is 25.2 Å². The predicted molar refractivity (Wildman–Crippen MR) is 71.4 cm³/mol. The smallest absolute Gasteiger partial charge is 0.161 e. The Morgan fingerprint density at radius 3 is 2.79 bits per heavy atom. The van der Waals surface area contributed by atoms with Gasteiger partial charge in [-0.3, -0.25) is 4.68 Å². The quantitative estimate of drug-likeness (QED) is 0.908. The number of aromatic nitrogens is 2. The third-order valence-corrected chi connectivity index (χ3v) is 3.39. The average molecular weight is 259 g/mol. The van der Waals surface area contributed by atoms with E-state index in [1.165, 1.54) is 0 Å². The van der Waals surface area contributed by atoms with E-state index in [2.05, 4.69) is 10.4 Å². The number of hydrogen-bond donors (Lipinski definition) is 1. The number of nitrogens with one attached hydrogen (secondary N) is 1. The van der Waals surface area contributed by atoms with Gasteiger partial charge in [0, 0.05) is 13.2 Å². The highest BCUT2D eigenvalue weighted by Crippen LogP contribution is 2.34. The largest absolute Gasteiger partial charge is 0.486 e. The van der Waals surface area contributed by atoms with Gasteiger partial charge in [-0.2, -0.15) is 5.10 Å². The van der Waals surface area contributed by atoms with E-state index in [9.17, 15) is 0 Å². The van der Waals surface area contributed by atoms with E-state index in [1.54, 1.807) is 6.20 Å². The molecule has 1 aromatic heterocycles. The monoisotopic (exact) mass is 259 g/mol. The second-order valence-electron chi connectivity index (χ2n) is 4.56. The van der Waals surface area contributed by atoms with Crippen LogP contribution in [0.4, 0.5) is 0 Å². The normalized spacial score (nSPS) is 19.2. The molecule has 19 heavy (non-hydrogen) atoms. The number of likely N-dealkylation sites (N-methyl/N-ethyl adjacent to an activating group) is 1. The molecular weight excluding hydrogens is 242 g/mol. The minimum atomic E-state index is -0.0738. The molecule has 1 aliphatic heterocycles. The fraction of sp³-hybridized carbons (Fsp3) is 0.357. The molecular formula is C14H17N3O2. The van der Waals surface area contributed by atoms with Crippen molar-refractivity contribution in [2.45, 2.75) is 12.1 Å². The first-order valence-electron chi connectivity index (χ1n) is 6.33. The molecule has 5 nitrogen and oxygen atoms in total. The van der Waals surface area contributed by atoms with Crippen molar-refractivity contribution in [1.29, 1.82) is 0 Å². The van der Waals surface area contributed by atoms with Crippen molar-refractivity contribution in [3.8, 4) is 11.5 Å². The van der Waals surface area contributed by atoms with Crippen LogP contribution in [-0.4, -0.2) is 29.5 Å². The van der Waals surface area contributed by atoms with Gasteiger partial charge >= 0.3 is 0 Å². The molecule has 100 valence electrons. The van der Waals surface area contributed by atoms with Gasteiger partial charge in [0.1, 0.15) is 6.61 Å². The maximum absolute atomic E-state index is 6.04. The van der Waals surface area contributed by atoms with Crippen molar-refractivity contribution in [2.75, 3.05) is 13.7 Å². The summed E-state index contributed by atoms with van der Waals surface area (Å²) in [5.41, 5.74) is 1.08. The van der Waals surface area contributed by atoms with Gasteiger partial charge in [-0.25, -0.2) is 0 Å². The molecule has 0 amide bonds. The number of hydrogen-bond acceptors (Lipinski definition) is 4. The Kier molecular flexibility index (Phi) is 3.13. The molecule has 0 fully saturated rings. The zero-order chi connectivity index (χ0) is 13.2. The summed E-state index contributed by atoms with van der Waals surface area (Å²) in [5, 5.41) is 7.48. The van der Waals surface area contributed by atoms with Crippen LogP contribution in [-0.2, 0) is 7.05 Å². The topological polar surface area (TPSA) is 48.3 Å². The van der Waals surface area contributed by atoms with Crippen molar-refractivity contribution in [3.63, 3.8) is 0 Å². The standard InChI is InChI=1S/C14H17N3O2/c1-15-14(10-7-8-16-17(10)2)13-9-18-11-5-3-4-6-12(11)19-13/h3-8,13-15H,9H2,1-2H3. The SMILES string of the molecule is CNC(c1ccnn1C)C1COc2ccccc2O1. The van der Waals surface area contributed by atoms with Crippen LogP contribution >= 0.6 is 0 Å². The first kappa shape index (κ1) is 12.0. The molecule has 5 heteroatoms. The lowest BCUT2D eigenvalue weighted by Crippen LogP contribution is -2.41. The second-order valence-corrected chi connectivity index (χ2v) is 4.56. The molecule has 2 atom stereocenters. The van der Waals surface area contributed by atoms with E-state index < -0.39 is 0 Å². The third-order valence-electron chi connectivity index (χ3n) is 3.39. The summed E-state index contributed by atoms with van der Waals surface area (Å²) in [6, 6.07) is 9.77. The molecule has 0 saturated heterocycles. The number of aryl methyl sites for hydroxylation is 1. The summed E-state index contributed by atoms with van der Waals surface area (Å²) >= 11 is 0. The summed E-state index contributed by atoms with van der Waals surface area (Å²) in [6.07, 6.45) is 1.72. The third kappa shape index (κ3) is 2.17. The van der Waals surface area contributed by atoms with Crippen molar-refractivity contribution in [3.05, 3.63) is 42.2 Å². The molecule has 3 rings (SSSR count). The van der Waals surface area contributed by atoms with Crippen LogP contribution in [0.1, 0.15) is 11.7 Å². The Morgan fingerprint density at radius 1 is 1.32 bits per heavy atom. The first-order valence-corrected chi connectivity index (χ1v) is 6.33. The number of rotatable bonds is 3. The van der Waals surface area contributed by atoms with E-state index in [0.717, 1.165) is 17.2 Å². The molecule has 2 heterocycles. The van der Waals surface area contributed by atoms with Crippen molar-refractivity contribution in [2.24, 2.45) is 7.05 Å². The van der Waals surface area contributed by atoms with E-state index in [0.29, 0.717) is 6.61 Å². The summed E-state index contributed by atoms with van der Waals surface area (Å²) < 4.78 is 13.6. The van der Waals surface area contributed by atoms with Crippen LogP contribution in [0.3, 0.4) is 0 Å². The van der Waals surface area contributed by atoms with Crippen molar-refractivity contribution < 1.29 is 9.47 Å². The van der Waals surface area contributed by atoms with Gasteiger partial charge in [-0.1, -0.05) is 12.1 Å². The van der Waals surface area contributed by atoms with Crippen LogP contribution in [0.25, 0.3) is 0 Å². The second kappa shape index (κ2) is 4.93. The Bertz CT molecular complexity index is 567. The molecule has 0 aliphatic carbocycles. The van der Waals surface area contributed by atoms with E-state index >= 15 is 0 Å². The lowest BCUT2D eigenvalue weighted by molar-refractivity contribution is 0.0617. The number of nitrogens with zero attached hydrogens (tertiary/aromatic N) is 2. The highest BCUT2D eigenvalue weighted by molar-refractivity contribution is 5.41. The lowest BCUT2D eigenvalue weighted by atomic mass is 10.1. The van der Waals surface area contributed by atoms with Crippen LogP contribution < -0.4 is 14.8 Å². The van der Waals surface area contributed by atoms with Crippen LogP contribution in [0, 0.1) is 0 Å². The zero-order valence-electron chi connectivity index (χ0n) is 11.0. The minimum absolute atomic E-state index is 0.0425. The fourth-order valence-electron chi connectivity index (χ4n) is 2.41. The Labute approximate surface area is 112 Å². The highest BCUT2D eigenvalue weighted by Gasteiger charge is 2.30. The zero-order valence-corrected chi connectivity index (χ0v) is 11.0. The molecule has 1 aliphatic rings. The molecule has 1 N–H and O–H groups in total. The summed E-state index contributed by atoms with van der Waals surface area (Å²) in [5.74, 6) is 1.60. The number of benzene rings is 1. The molecule has 2 unspecified atom stereocenters. The Hall–Kier alpha value is -2.01. The van der Waals surface area contributed by atoms with Crippen molar-refractivity contribution in [1.82, 2.24) is 15.1 Å². The molecule has 1 aromatic carbocycles. The highest BCUT2D eigenvalue weighted by atomic mass is 16.6.